The first kappa shape index (κ1) is 19.5. The van der Waals surface area contributed by atoms with E-state index in [1.165, 1.54) is 24.3 Å². The summed E-state index contributed by atoms with van der Waals surface area (Å²) in [6, 6.07) is 23.1. The first-order valence-electron chi connectivity index (χ1n) is 9.71. The largest absolute Gasteiger partial charge is 0.392 e. The van der Waals surface area contributed by atoms with Gasteiger partial charge in [0.2, 0.25) is 0 Å². The van der Waals surface area contributed by atoms with E-state index in [-0.39, 0.29) is 18.2 Å². The van der Waals surface area contributed by atoms with Gasteiger partial charge in [0, 0.05) is 13.1 Å². The quantitative estimate of drug-likeness (QED) is 0.617. The van der Waals surface area contributed by atoms with Gasteiger partial charge in [-0.3, -0.25) is 4.90 Å². The summed E-state index contributed by atoms with van der Waals surface area (Å²) in [5, 5.41) is 9.87. The molecule has 1 N–H and O–H groups in total. The van der Waals surface area contributed by atoms with Gasteiger partial charge in [-0.05, 0) is 52.9 Å². The third kappa shape index (κ3) is 3.86. The third-order valence-corrected chi connectivity index (χ3v) is 5.69. The Kier molecular flexibility index (Phi) is 5.56. The minimum absolute atomic E-state index is 0.0384. The minimum Gasteiger partial charge on any atom is -0.392 e. The molecule has 0 atom stereocenters. The summed E-state index contributed by atoms with van der Waals surface area (Å²) in [6.45, 7) is 1.26. The van der Waals surface area contributed by atoms with Gasteiger partial charge in [-0.2, -0.15) is 0 Å². The highest BCUT2D eigenvalue weighted by Crippen LogP contribution is 2.44. The van der Waals surface area contributed by atoms with Crippen LogP contribution in [0.3, 0.4) is 0 Å². The van der Waals surface area contributed by atoms with Crippen molar-refractivity contribution in [2.75, 3.05) is 13.2 Å². The second kappa shape index (κ2) is 8.27. The van der Waals surface area contributed by atoms with Crippen molar-refractivity contribution in [3.63, 3.8) is 0 Å². The molecule has 0 saturated carbocycles. The van der Waals surface area contributed by atoms with Crippen LogP contribution in [0.1, 0.15) is 23.1 Å². The van der Waals surface area contributed by atoms with Crippen LogP contribution in [0, 0.1) is 11.6 Å². The predicted molar refractivity (Wildman–Crippen MR) is 110 cm³/mol. The molecule has 1 heterocycles. The summed E-state index contributed by atoms with van der Waals surface area (Å²) in [4.78, 5) is 2.31. The van der Waals surface area contributed by atoms with E-state index >= 15 is 0 Å². The number of hydrogen-bond acceptors (Lipinski definition) is 2. The van der Waals surface area contributed by atoms with E-state index in [1.807, 2.05) is 24.3 Å². The molecule has 0 amide bonds. The Morgan fingerprint density at radius 1 is 0.793 bits per heavy atom. The molecule has 0 aromatic heterocycles. The molecule has 3 aromatic rings. The van der Waals surface area contributed by atoms with Gasteiger partial charge in [0.1, 0.15) is 11.6 Å². The maximum Gasteiger partial charge on any atom is 0.123 e. The van der Waals surface area contributed by atoms with Crippen LogP contribution in [0.5, 0.6) is 0 Å². The number of nitrogens with zero attached hydrogens (tertiary/aromatic N) is 1. The predicted octanol–water partition coefficient (Wildman–Crippen LogP) is 5.03. The average Bonchev–Trinajstić information content (AvgIpc) is 2.76. The van der Waals surface area contributed by atoms with E-state index in [0.29, 0.717) is 19.5 Å². The first-order valence-corrected chi connectivity index (χ1v) is 9.71. The van der Waals surface area contributed by atoms with Crippen LogP contribution in [0.4, 0.5) is 8.78 Å². The molecule has 29 heavy (non-hydrogen) atoms. The fourth-order valence-electron chi connectivity index (χ4n) is 4.22. The number of aliphatic hydroxyl groups is 1. The topological polar surface area (TPSA) is 23.5 Å². The molecule has 3 aromatic carbocycles. The maximum absolute atomic E-state index is 13.7. The molecule has 148 valence electrons. The Hall–Kier alpha value is -2.82. The monoisotopic (exact) mass is 391 g/mol. The standard InChI is InChI=1S/C25H23F2NO/c26-23-10-6-21(7-11-23)25(22-8-12-24(27)13-9-22)16-20(18-29)14-15-28(25)17-19-4-2-1-3-5-19/h1-14,29H,15-18H2. The lowest BCUT2D eigenvalue weighted by atomic mass is 9.74. The summed E-state index contributed by atoms with van der Waals surface area (Å²) in [6.07, 6.45) is 2.60. The summed E-state index contributed by atoms with van der Waals surface area (Å²) in [5.41, 5.74) is 3.27. The highest BCUT2D eigenvalue weighted by atomic mass is 19.1. The molecule has 0 fully saturated rings. The highest BCUT2D eigenvalue weighted by Gasteiger charge is 2.42. The maximum atomic E-state index is 13.7. The number of aliphatic hydroxyl groups excluding tert-OH is 1. The van der Waals surface area contributed by atoms with Gasteiger partial charge >= 0.3 is 0 Å². The third-order valence-electron chi connectivity index (χ3n) is 5.69. The molecular formula is C25H23F2NO. The molecule has 4 heteroatoms. The second-order valence-corrected chi connectivity index (χ2v) is 7.44. The lowest BCUT2D eigenvalue weighted by Crippen LogP contribution is -2.49. The number of hydrogen-bond donors (Lipinski definition) is 1. The summed E-state index contributed by atoms with van der Waals surface area (Å²) < 4.78 is 27.4. The van der Waals surface area contributed by atoms with E-state index in [4.69, 9.17) is 0 Å². The molecule has 0 spiro atoms. The Bertz CT molecular complexity index is 936. The Morgan fingerprint density at radius 2 is 1.34 bits per heavy atom. The fourth-order valence-corrected chi connectivity index (χ4v) is 4.22. The van der Waals surface area contributed by atoms with Crippen molar-refractivity contribution in [3.8, 4) is 0 Å². The van der Waals surface area contributed by atoms with Gasteiger partial charge in [0.15, 0.2) is 0 Å². The van der Waals surface area contributed by atoms with Crippen molar-refractivity contribution in [2.24, 2.45) is 0 Å². The van der Waals surface area contributed by atoms with Crippen molar-refractivity contribution in [1.29, 1.82) is 0 Å². The molecular weight excluding hydrogens is 368 g/mol. The van der Waals surface area contributed by atoms with E-state index in [2.05, 4.69) is 17.0 Å². The molecule has 0 saturated heterocycles. The normalized spacial score (nSPS) is 16.4. The second-order valence-electron chi connectivity index (χ2n) is 7.44. The number of halogens is 2. The van der Waals surface area contributed by atoms with Gasteiger partial charge in [0.05, 0.1) is 12.1 Å². The smallest absolute Gasteiger partial charge is 0.123 e. The average molecular weight is 391 g/mol. The molecule has 0 bridgehead atoms. The first-order chi connectivity index (χ1) is 14.1. The summed E-state index contributed by atoms with van der Waals surface area (Å²) >= 11 is 0. The fraction of sp³-hybridized carbons (Fsp3) is 0.200. The molecule has 1 aliphatic heterocycles. The SMILES string of the molecule is OCC1=CCN(Cc2ccccc2)C(c2ccc(F)cc2)(c2ccc(F)cc2)C1. The highest BCUT2D eigenvalue weighted by molar-refractivity contribution is 5.43. The van der Waals surface area contributed by atoms with Crippen LogP contribution in [-0.2, 0) is 12.1 Å². The molecule has 4 rings (SSSR count). The van der Waals surface area contributed by atoms with Crippen molar-refractivity contribution < 1.29 is 13.9 Å². The molecule has 1 aliphatic rings. The van der Waals surface area contributed by atoms with Gasteiger partial charge < -0.3 is 5.11 Å². The number of benzene rings is 3. The summed E-state index contributed by atoms with van der Waals surface area (Å²) in [7, 11) is 0. The van der Waals surface area contributed by atoms with Crippen molar-refractivity contribution >= 4 is 0 Å². The van der Waals surface area contributed by atoms with Gasteiger partial charge in [-0.1, -0.05) is 60.7 Å². The van der Waals surface area contributed by atoms with Crippen LogP contribution in [0.2, 0.25) is 0 Å². The Balaban J connectivity index is 1.89. The molecule has 2 nitrogen and oxygen atoms in total. The van der Waals surface area contributed by atoms with E-state index in [1.54, 1.807) is 24.3 Å². The van der Waals surface area contributed by atoms with E-state index in [9.17, 15) is 13.9 Å². The Labute approximate surface area is 169 Å². The Morgan fingerprint density at radius 3 is 1.86 bits per heavy atom. The van der Waals surface area contributed by atoms with Crippen molar-refractivity contribution in [2.45, 2.75) is 18.5 Å². The van der Waals surface area contributed by atoms with Crippen LogP contribution in [0.25, 0.3) is 0 Å². The summed E-state index contributed by atoms with van der Waals surface area (Å²) in [5.74, 6) is -0.599. The zero-order valence-corrected chi connectivity index (χ0v) is 16.1. The van der Waals surface area contributed by atoms with Crippen LogP contribution in [0.15, 0.2) is 90.5 Å². The molecule has 0 aliphatic carbocycles. The van der Waals surface area contributed by atoms with Gasteiger partial charge in [-0.25, -0.2) is 8.78 Å². The minimum atomic E-state index is -0.635. The number of rotatable bonds is 5. The van der Waals surface area contributed by atoms with Crippen LogP contribution < -0.4 is 0 Å². The lowest BCUT2D eigenvalue weighted by Gasteiger charge is -2.48. The zero-order chi connectivity index (χ0) is 20.3. The lowest BCUT2D eigenvalue weighted by molar-refractivity contribution is 0.112. The van der Waals surface area contributed by atoms with Crippen LogP contribution >= 0.6 is 0 Å². The van der Waals surface area contributed by atoms with E-state index in [0.717, 1.165) is 22.3 Å². The van der Waals surface area contributed by atoms with Crippen molar-refractivity contribution in [3.05, 3.63) is 119 Å². The van der Waals surface area contributed by atoms with E-state index < -0.39 is 5.54 Å². The van der Waals surface area contributed by atoms with Crippen LogP contribution in [-0.4, -0.2) is 23.2 Å². The molecule has 0 radical (unpaired) electrons. The van der Waals surface area contributed by atoms with Crippen molar-refractivity contribution in [1.82, 2.24) is 4.90 Å². The zero-order valence-electron chi connectivity index (χ0n) is 16.1. The van der Waals surface area contributed by atoms with Gasteiger partial charge in [-0.15, -0.1) is 0 Å². The molecule has 0 unspecified atom stereocenters. The van der Waals surface area contributed by atoms with Gasteiger partial charge in [0.25, 0.3) is 0 Å².